The van der Waals surface area contributed by atoms with Gasteiger partial charge in [0, 0.05) is 43.5 Å². The number of rotatable bonds is 5. The molecule has 0 atom stereocenters. The lowest BCUT2D eigenvalue weighted by Gasteiger charge is -2.36. The second-order valence-electron chi connectivity index (χ2n) is 8.25. The standard InChI is InChI=1S/C25H26N6O3/c1-18-26-22(19-6-4-3-5-7-19)16-23-27-30(25(33)31(18)23)17-24(32)29-14-12-28(13-15-29)20-8-10-21(34-2)11-9-20/h3-11,16H,12-15,17H2,1-2H3. The zero-order valence-electron chi connectivity index (χ0n) is 19.2. The maximum absolute atomic E-state index is 13.0. The van der Waals surface area contributed by atoms with Crippen LogP contribution in [-0.4, -0.2) is 63.3 Å². The van der Waals surface area contributed by atoms with Crippen molar-refractivity contribution in [2.24, 2.45) is 0 Å². The van der Waals surface area contributed by atoms with Crippen LogP contribution in [0, 0.1) is 6.92 Å². The highest BCUT2D eigenvalue weighted by atomic mass is 16.5. The minimum absolute atomic E-state index is 0.0941. The summed E-state index contributed by atoms with van der Waals surface area (Å²) < 4.78 is 7.90. The fourth-order valence-corrected chi connectivity index (χ4v) is 4.30. The van der Waals surface area contributed by atoms with Gasteiger partial charge in [-0.1, -0.05) is 30.3 Å². The number of aryl methyl sites for hydroxylation is 1. The third kappa shape index (κ3) is 4.12. The number of aromatic nitrogens is 4. The molecule has 1 amide bonds. The molecule has 1 saturated heterocycles. The second-order valence-corrected chi connectivity index (χ2v) is 8.25. The number of anilines is 1. The first kappa shape index (κ1) is 21.7. The van der Waals surface area contributed by atoms with Gasteiger partial charge in [-0.2, -0.15) is 0 Å². The summed E-state index contributed by atoms with van der Waals surface area (Å²) >= 11 is 0. The second kappa shape index (κ2) is 9.01. The summed E-state index contributed by atoms with van der Waals surface area (Å²) in [5.74, 6) is 1.23. The minimum atomic E-state index is -0.357. The van der Waals surface area contributed by atoms with E-state index < -0.39 is 0 Å². The van der Waals surface area contributed by atoms with Gasteiger partial charge in [-0.25, -0.2) is 18.9 Å². The lowest BCUT2D eigenvalue weighted by Crippen LogP contribution is -2.50. The summed E-state index contributed by atoms with van der Waals surface area (Å²) in [5, 5.41) is 4.43. The fraction of sp³-hybridized carbons (Fsp3) is 0.280. The number of carbonyl (C=O) groups excluding carboxylic acids is 1. The molecule has 0 aliphatic carbocycles. The molecule has 34 heavy (non-hydrogen) atoms. The number of amides is 1. The van der Waals surface area contributed by atoms with Gasteiger partial charge in [-0.3, -0.25) is 4.79 Å². The number of hydrogen-bond donors (Lipinski definition) is 0. The van der Waals surface area contributed by atoms with Crippen molar-refractivity contribution >= 4 is 17.2 Å². The van der Waals surface area contributed by atoms with Crippen LogP contribution in [0.2, 0.25) is 0 Å². The Kier molecular flexibility index (Phi) is 5.75. The average molecular weight is 459 g/mol. The summed E-state index contributed by atoms with van der Waals surface area (Å²) in [4.78, 5) is 34.5. The zero-order valence-corrected chi connectivity index (χ0v) is 19.2. The van der Waals surface area contributed by atoms with E-state index >= 15 is 0 Å². The number of carbonyl (C=O) groups is 1. The first-order valence-electron chi connectivity index (χ1n) is 11.2. The van der Waals surface area contributed by atoms with Gasteiger partial charge >= 0.3 is 5.69 Å². The number of benzene rings is 2. The van der Waals surface area contributed by atoms with E-state index in [4.69, 9.17) is 4.74 Å². The topological polar surface area (TPSA) is 85.0 Å². The molecule has 9 heteroatoms. The van der Waals surface area contributed by atoms with Crippen LogP contribution in [0.1, 0.15) is 5.82 Å². The van der Waals surface area contributed by atoms with Crippen molar-refractivity contribution in [3.05, 3.63) is 77.0 Å². The van der Waals surface area contributed by atoms with Crippen molar-refractivity contribution in [3.63, 3.8) is 0 Å². The van der Waals surface area contributed by atoms with E-state index in [-0.39, 0.29) is 18.1 Å². The van der Waals surface area contributed by atoms with Crippen LogP contribution < -0.4 is 15.3 Å². The number of piperazine rings is 1. The molecular weight excluding hydrogens is 432 g/mol. The molecule has 0 bridgehead atoms. The van der Waals surface area contributed by atoms with Gasteiger partial charge < -0.3 is 14.5 Å². The molecule has 0 radical (unpaired) electrons. The molecule has 1 aliphatic rings. The molecule has 2 aromatic heterocycles. The largest absolute Gasteiger partial charge is 0.497 e. The van der Waals surface area contributed by atoms with Crippen molar-refractivity contribution in [2.75, 3.05) is 38.2 Å². The Hall–Kier alpha value is -4.14. The smallest absolute Gasteiger partial charge is 0.352 e. The highest BCUT2D eigenvalue weighted by Gasteiger charge is 2.23. The van der Waals surface area contributed by atoms with Gasteiger partial charge in [0.2, 0.25) is 5.91 Å². The molecule has 0 spiro atoms. The monoisotopic (exact) mass is 458 g/mol. The van der Waals surface area contributed by atoms with Crippen molar-refractivity contribution in [2.45, 2.75) is 13.5 Å². The Bertz CT molecular complexity index is 1370. The molecule has 5 rings (SSSR count). The molecule has 1 aliphatic heterocycles. The Morgan fingerprint density at radius 3 is 2.38 bits per heavy atom. The Morgan fingerprint density at radius 2 is 1.71 bits per heavy atom. The van der Waals surface area contributed by atoms with Crippen LogP contribution in [0.4, 0.5) is 5.69 Å². The number of fused-ring (bicyclic) bond motifs is 1. The maximum Gasteiger partial charge on any atom is 0.352 e. The van der Waals surface area contributed by atoms with Crippen molar-refractivity contribution in [1.82, 2.24) is 24.1 Å². The van der Waals surface area contributed by atoms with Gasteiger partial charge in [-0.05, 0) is 31.2 Å². The van der Waals surface area contributed by atoms with Crippen LogP contribution in [0.5, 0.6) is 5.75 Å². The lowest BCUT2D eigenvalue weighted by atomic mass is 10.1. The van der Waals surface area contributed by atoms with Gasteiger partial charge in [0.25, 0.3) is 0 Å². The Labute approximate surface area is 196 Å². The zero-order chi connectivity index (χ0) is 23.7. The highest BCUT2D eigenvalue weighted by molar-refractivity contribution is 5.76. The van der Waals surface area contributed by atoms with E-state index in [0.29, 0.717) is 24.6 Å². The predicted octanol–water partition coefficient (Wildman–Crippen LogP) is 2.22. The van der Waals surface area contributed by atoms with Gasteiger partial charge in [-0.15, -0.1) is 5.10 Å². The summed E-state index contributed by atoms with van der Waals surface area (Å²) in [6.45, 7) is 4.30. The molecule has 3 heterocycles. The molecule has 0 N–H and O–H groups in total. The number of nitrogens with zero attached hydrogens (tertiary/aromatic N) is 6. The molecule has 1 fully saturated rings. The van der Waals surface area contributed by atoms with Crippen molar-refractivity contribution in [3.8, 4) is 17.0 Å². The molecular formula is C25H26N6O3. The van der Waals surface area contributed by atoms with E-state index in [1.54, 1.807) is 25.0 Å². The fourth-order valence-electron chi connectivity index (χ4n) is 4.30. The summed E-state index contributed by atoms with van der Waals surface area (Å²) in [6.07, 6.45) is 0. The van der Waals surface area contributed by atoms with E-state index in [9.17, 15) is 9.59 Å². The summed E-state index contributed by atoms with van der Waals surface area (Å²) in [7, 11) is 1.65. The average Bonchev–Trinajstić information content (AvgIpc) is 3.20. The van der Waals surface area contributed by atoms with E-state index in [0.717, 1.165) is 35.8 Å². The molecule has 2 aromatic carbocycles. The van der Waals surface area contributed by atoms with Crippen LogP contribution in [-0.2, 0) is 11.3 Å². The first-order chi connectivity index (χ1) is 16.5. The third-order valence-corrected chi connectivity index (χ3v) is 6.16. The number of hydrogen-bond acceptors (Lipinski definition) is 6. The van der Waals surface area contributed by atoms with E-state index in [1.807, 2.05) is 54.6 Å². The van der Waals surface area contributed by atoms with Gasteiger partial charge in [0.05, 0.1) is 12.8 Å². The molecule has 0 unspecified atom stereocenters. The van der Waals surface area contributed by atoms with Crippen LogP contribution in [0.3, 0.4) is 0 Å². The van der Waals surface area contributed by atoms with Crippen molar-refractivity contribution < 1.29 is 9.53 Å². The predicted molar refractivity (Wildman–Crippen MR) is 129 cm³/mol. The summed E-state index contributed by atoms with van der Waals surface area (Å²) in [5.41, 5.74) is 2.91. The van der Waals surface area contributed by atoms with Gasteiger partial charge in [0.15, 0.2) is 5.65 Å². The maximum atomic E-state index is 13.0. The van der Waals surface area contributed by atoms with Crippen LogP contribution in [0.25, 0.3) is 16.9 Å². The number of ether oxygens (including phenoxy) is 1. The lowest BCUT2D eigenvalue weighted by molar-refractivity contribution is -0.132. The third-order valence-electron chi connectivity index (χ3n) is 6.16. The molecule has 174 valence electrons. The number of methoxy groups -OCH3 is 1. The normalized spacial score (nSPS) is 13.9. The van der Waals surface area contributed by atoms with Gasteiger partial charge in [0.1, 0.15) is 18.1 Å². The Balaban J connectivity index is 1.29. The molecule has 0 saturated carbocycles. The quantitative estimate of drug-likeness (QED) is 0.456. The molecule has 9 nitrogen and oxygen atoms in total. The van der Waals surface area contributed by atoms with E-state index in [1.165, 1.54) is 9.08 Å². The summed E-state index contributed by atoms with van der Waals surface area (Å²) in [6, 6.07) is 19.4. The SMILES string of the molecule is COc1ccc(N2CCN(C(=O)Cn3nc4cc(-c5ccccc5)nc(C)n4c3=O)CC2)cc1. The van der Waals surface area contributed by atoms with Crippen LogP contribution >= 0.6 is 0 Å². The Morgan fingerprint density at radius 1 is 1.00 bits per heavy atom. The van der Waals surface area contributed by atoms with Crippen molar-refractivity contribution in [1.29, 1.82) is 0 Å². The molecule has 4 aromatic rings. The van der Waals surface area contributed by atoms with E-state index in [2.05, 4.69) is 15.0 Å². The first-order valence-corrected chi connectivity index (χ1v) is 11.2. The minimum Gasteiger partial charge on any atom is -0.497 e. The van der Waals surface area contributed by atoms with Crippen LogP contribution in [0.15, 0.2) is 65.5 Å². The highest BCUT2D eigenvalue weighted by Crippen LogP contribution is 2.21.